The predicted molar refractivity (Wildman–Crippen MR) is 67.3 cm³/mol. The second-order valence-electron chi connectivity index (χ2n) is 6.53. The molecule has 2 rings (SSSR count). The van der Waals surface area contributed by atoms with E-state index in [1.165, 1.54) is 38.5 Å². The average molecular weight is 222 g/mol. The molecule has 0 N–H and O–H groups in total. The Morgan fingerprint density at radius 1 is 1.19 bits per heavy atom. The van der Waals surface area contributed by atoms with Crippen LogP contribution in [-0.2, 0) is 4.79 Å². The third-order valence-electron chi connectivity index (χ3n) is 4.53. The third-order valence-corrected chi connectivity index (χ3v) is 4.53. The van der Waals surface area contributed by atoms with E-state index in [1.807, 2.05) is 0 Å². The van der Waals surface area contributed by atoms with E-state index in [0.717, 1.165) is 18.3 Å². The van der Waals surface area contributed by atoms with Crippen LogP contribution in [0.2, 0.25) is 0 Å². The summed E-state index contributed by atoms with van der Waals surface area (Å²) in [6.07, 6.45) is 8.83. The van der Waals surface area contributed by atoms with Gasteiger partial charge in [-0.1, -0.05) is 46.5 Å². The van der Waals surface area contributed by atoms with Gasteiger partial charge >= 0.3 is 0 Å². The lowest BCUT2D eigenvalue weighted by Crippen LogP contribution is -2.33. The molecule has 1 nitrogen and oxygen atoms in total. The standard InChI is InChI=1S/C15H26O/c1-4-11(2)14(16)15(3,9-12-5-6-12)10-13-7-8-13/h11-13H,4-10H2,1-3H3/t11-/m0/s1. The minimum atomic E-state index is 0.0117. The van der Waals surface area contributed by atoms with Gasteiger partial charge in [0, 0.05) is 11.3 Å². The largest absolute Gasteiger partial charge is 0.299 e. The summed E-state index contributed by atoms with van der Waals surface area (Å²) < 4.78 is 0. The normalized spacial score (nSPS) is 23.2. The highest BCUT2D eigenvalue weighted by Gasteiger charge is 2.43. The van der Waals surface area contributed by atoms with Crippen LogP contribution in [0.3, 0.4) is 0 Å². The molecule has 0 aliphatic heterocycles. The summed E-state index contributed by atoms with van der Waals surface area (Å²) in [6, 6.07) is 0. The Bertz CT molecular complexity index is 247. The highest BCUT2D eigenvalue weighted by molar-refractivity contribution is 5.86. The van der Waals surface area contributed by atoms with E-state index in [9.17, 15) is 4.79 Å². The topological polar surface area (TPSA) is 17.1 Å². The van der Waals surface area contributed by atoms with Crippen molar-refractivity contribution in [1.82, 2.24) is 0 Å². The summed E-state index contributed by atoms with van der Waals surface area (Å²) >= 11 is 0. The van der Waals surface area contributed by atoms with Crippen molar-refractivity contribution in [3.8, 4) is 0 Å². The number of carbonyl (C=O) groups is 1. The fraction of sp³-hybridized carbons (Fsp3) is 0.933. The van der Waals surface area contributed by atoms with Crippen LogP contribution < -0.4 is 0 Å². The van der Waals surface area contributed by atoms with Crippen LogP contribution in [0.5, 0.6) is 0 Å². The molecule has 1 heteroatoms. The number of hydrogen-bond donors (Lipinski definition) is 0. The minimum Gasteiger partial charge on any atom is -0.299 e. The van der Waals surface area contributed by atoms with Gasteiger partial charge < -0.3 is 0 Å². The Balaban J connectivity index is 2.00. The zero-order chi connectivity index (χ0) is 11.8. The zero-order valence-electron chi connectivity index (χ0n) is 11.1. The van der Waals surface area contributed by atoms with E-state index in [1.54, 1.807) is 0 Å². The van der Waals surface area contributed by atoms with Crippen molar-refractivity contribution in [1.29, 1.82) is 0 Å². The summed E-state index contributed by atoms with van der Waals surface area (Å²) in [5.74, 6) is 2.56. The Morgan fingerprint density at radius 3 is 1.94 bits per heavy atom. The summed E-state index contributed by atoms with van der Waals surface area (Å²) in [5.41, 5.74) is 0.0117. The maximum atomic E-state index is 12.5. The summed E-state index contributed by atoms with van der Waals surface area (Å²) in [5, 5.41) is 0. The Hall–Kier alpha value is -0.330. The smallest absolute Gasteiger partial charge is 0.141 e. The van der Waals surface area contributed by atoms with Crippen LogP contribution in [0.15, 0.2) is 0 Å². The van der Waals surface area contributed by atoms with E-state index < -0.39 is 0 Å². The van der Waals surface area contributed by atoms with E-state index in [0.29, 0.717) is 5.78 Å². The van der Waals surface area contributed by atoms with Gasteiger partial charge in [-0.15, -0.1) is 0 Å². The van der Waals surface area contributed by atoms with Crippen molar-refractivity contribution < 1.29 is 4.79 Å². The van der Waals surface area contributed by atoms with Crippen LogP contribution in [0.4, 0.5) is 0 Å². The second kappa shape index (κ2) is 4.50. The van der Waals surface area contributed by atoms with Gasteiger partial charge in [-0.25, -0.2) is 0 Å². The minimum absolute atomic E-state index is 0.0117. The van der Waals surface area contributed by atoms with E-state index in [2.05, 4.69) is 20.8 Å². The fourth-order valence-corrected chi connectivity index (χ4v) is 2.98. The zero-order valence-corrected chi connectivity index (χ0v) is 11.1. The molecule has 0 bridgehead atoms. The quantitative estimate of drug-likeness (QED) is 0.630. The molecule has 0 aromatic heterocycles. The first-order valence-corrected chi connectivity index (χ1v) is 7.09. The number of rotatable bonds is 7. The van der Waals surface area contributed by atoms with Crippen LogP contribution in [0, 0.1) is 23.2 Å². The van der Waals surface area contributed by atoms with E-state index in [4.69, 9.17) is 0 Å². The lowest BCUT2D eigenvalue weighted by molar-refractivity contribution is -0.133. The Labute approximate surface area is 100.0 Å². The lowest BCUT2D eigenvalue weighted by atomic mass is 9.72. The van der Waals surface area contributed by atoms with Gasteiger partial charge in [-0.3, -0.25) is 4.79 Å². The fourth-order valence-electron chi connectivity index (χ4n) is 2.98. The molecule has 16 heavy (non-hydrogen) atoms. The predicted octanol–water partition coefficient (Wildman–Crippen LogP) is 4.21. The number of Topliss-reactive ketones (excluding diaryl/α,β-unsaturated/α-hetero) is 1. The maximum absolute atomic E-state index is 12.5. The summed E-state index contributed by atoms with van der Waals surface area (Å²) in [7, 11) is 0. The first kappa shape index (κ1) is 12.1. The maximum Gasteiger partial charge on any atom is 0.141 e. The third kappa shape index (κ3) is 2.87. The van der Waals surface area contributed by atoms with Gasteiger partial charge in [0.05, 0.1) is 0 Å². The van der Waals surface area contributed by atoms with Crippen molar-refractivity contribution >= 4 is 5.78 Å². The molecule has 2 aliphatic rings. The van der Waals surface area contributed by atoms with Crippen LogP contribution in [-0.4, -0.2) is 5.78 Å². The molecular formula is C15H26O. The van der Waals surface area contributed by atoms with Gasteiger partial charge in [0.1, 0.15) is 5.78 Å². The van der Waals surface area contributed by atoms with Crippen molar-refractivity contribution in [3.05, 3.63) is 0 Å². The van der Waals surface area contributed by atoms with Gasteiger partial charge in [-0.05, 0) is 31.1 Å². The van der Waals surface area contributed by atoms with Crippen LogP contribution in [0.1, 0.15) is 65.7 Å². The average Bonchev–Trinajstić information content (AvgIpc) is 3.12. The van der Waals surface area contributed by atoms with Gasteiger partial charge in [0.2, 0.25) is 0 Å². The highest BCUT2D eigenvalue weighted by atomic mass is 16.1. The molecule has 0 heterocycles. The van der Waals surface area contributed by atoms with Gasteiger partial charge in [0.15, 0.2) is 0 Å². The van der Waals surface area contributed by atoms with Crippen LogP contribution in [0.25, 0.3) is 0 Å². The molecule has 0 radical (unpaired) electrons. The number of ketones is 1. The molecule has 0 aromatic rings. The molecule has 0 unspecified atom stereocenters. The first-order chi connectivity index (χ1) is 7.55. The molecule has 2 fully saturated rings. The van der Waals surface area contributed by atoms with Gasteiger partial charge in [-0.2, -0.15) is 0 Å². The molecule has 0 amide bonds. The van der Waals surface area contributed by atoms with Crippen LogP contribution >= 0.6 is 0 Å². The number of carbonyl (C=O) groups excluding carboxylic acids is 1. The summed E-state index contributed by atoms with van der Waals surface area (Å²) in [6.45, 7) is 6.50. The first-order valence-electron chi connectivity index (χ1n) is 7.09. The van der Waals surface area contributed by atoms with Crippen molar-refractivity contribution in [2.24, 2.45) is 23.2 Å². The van der Waals surface area contributed by atoms with Gasteiger partial charge in [0.25, 0.3) is 0 Å². The molecule has 1 atom stereocenters. The second-order valence-corrected chi connectivity index (χ2v) is 6.53. The molecule has 0 saturated heterocycles. The number of hydrogen-bond acceptors (Lipinski definition) is 1. The molecular weight excluding hydrogens is 196 g/mol. The van der Waals surface area contributed by atoms with E-state index >= 15 is 0 Å². The SMILES string of the molecule is CC[C@H](C)C(=O)C(C)(CC1CC1)CC1CC1. The van der Waals surface area contributed by atoms with E-state index in [-0.39, 0.29) is 11.3 Å². The summed E-state index contributed by atoms with van der Waals surface area (Å²) in [4.78, 5) is 12.5. The molecule has 2 aliphatic carbocycles. The van der Waals surface area contributed by atoms with Crippen molar-refractivity contribution in [3.63, 3.8) is 0 Å². The molecule has 92 valence electrons. The lowest BCUT2D eigenvalue weighted by Gasteiger charge is -2.31. The van der Waals surface area contributed by atoms with Crippen molar-refractivity contribution in [2.75, 3.05) is 0 Å². The van der Waals surface area contributed by atoms with Crippen molar-refractivity contribution in [2.45, 2.75) is 65.7 Å². The monoisotopic (exact) mass is 222 g/mol. The molecule has 2 saturated carbocycles. The highest BCUT2D eigenvalue weighted by Crippen LogP contribution is 2.49. The molecule has 0 spiro atoms. The Kier molecular flexibility index (Phi) is 3.42. The molecule has 0 aromatic carbocycles. The Morgan fingerprint density at radius 2 is 1.62 bits per heavy atom.